The molecule has 0 amide bonds. The first-order valence-corrected chi connectivity index (χ1v) is 6.01. The Morgan fingerprint density at radius 1 is 1.22 bits per heavy atom. The zero-order valence-electron chi connectivity index (χ0n) is 10.7. The van der Waals surface area contributed by atoms with Gasteiger partial charge in [-0.05, 0) is 6.07 Å². The van der Waals surface area contributed by atoms with Crippen molar-refractivity contribution in [2.45, 2.75) is 19.8 Å². The van der Waals surface area contributed by atoms with Crippen LogP contribution in [-0.2, 0) is 7.05 Å². The van der Waals surface area contributed by atoms with Crippen LogP contribution in [0.4, 0.5) is 0 Å². The van der Waals surface area contributed by atoms with Gasteiger partial charge in [0.2, 0.25) is 5.82 Å². The predicted octanol–water partition coefficient (Wildman–Crippen LogP) is 2.48. The van der Waals surface area contributed by atoms with E-state index in [1.54, 1.807) is 0 Å². The minimum absolute atomic E-state index is 0.334. The standard InChI is InChI=1S/C13H15N5/c1-8(2)12-14-13(16-15-12)11-9-6-4-5-7-10(9)18(3)17-11/h4-8H,1-3H3,(H,14,15,16). The number of nitrogens with one attached hydrogen (secondary N) is 1. The molecule has 2 heterocycles. The Morgan fingerprint density at radius 3 is 2.72 bits per heavy atom. The first-order valence-electron chi connectivity index (χ1n) is 6.01. The van der Waals surface area contributed by atoms with Gasteiger partial charge in [0.15, 0.2) is 0 Å². The number of fused-ring (bicyclic) bond motifs is 1. The average molecular weight is 241 g/mol. The molecule has 0 aliphatic rings. The Morgan fingerprint density at radius 2 is 2.00 bits per heavy atom. The van der Waals surface area contributed by atoms with Crippen LogP contribution in [0.3, 0.4) is 0 Å². The minimum Gasteiger partial charge on any atom is -0.267 e. The fourth-order valence-electron chi connectivity index (χ4n) is 2.02. The van der Waals surface area contributed by atoms with Gasteiger partial charge in [-0.25, -0.2) is 4.98 Å². The molecule has 3 aromatic rings. The van der Waals surface area contributed by atoms with Crippen LogP contribution in [0, 0.1) is 0 Å². The summed E-state index contributed by atoms with van der Waals surface area (Å²) in [4.78, 5) is 4.50. The fraction of sp³-hybridized carbons (Fsp3) is 0.308. The molecule has 0 unspecified atom stereocenters. The lowest BCUT2D eigenvalue weighted by Gasteiger charge is -1.94. The quantitative estimate of drug-likeness (QED) is 0.749. The number of aromatic nitrogens is 5. The van der Waals surface area contributed by atoms with Gasteiger partial charge in [-0.2, -0.15) is 10.2 Å². The number of rotatable bonds is 2. The third-order valence-electron chi connectivity index (χ3n) is 3.02. The summed E-state index contributed by atoms with van der Waals surface area (Å²) in [7, 11) is 1.93. The lowest BCUT2D eigenvalue weighted by atomic mass is 10.2. The molecule has 5 nitrogen and oxygen atoms in total. The van der Waals surface area contributed by atoms with Crippen LogP contribution in [-0.4, -0.2) is 25.0 Å². The summed E-state index contributed by atoms with van der Waals surface area (Å²) in [5.74, 6) is 1.89. The first-order chi connectivity index (χ1) is 8.66. The predicted molar refractivity (Wildman–Crippen MR) is 70.2 cm³/mol. The van der Waals surface area contributed by atoms with E-state index in [1.807, 2.05) is 36.0 Å². The normalized spacial score (nSPS) is 11.6. The van der Waals surface area contributed by atoms with Crippen molar-refractivity contribution < 1.29 is 0 Å². The molecule has 0 fully saturated rings. The summed E-state index contributed by atoms with van der Waals surface area (Å²) in [6, 6.07) is 8.10. The van der Waals surface area contributed by atoms with E-state index in [9.17, 15) is 0 Å². The molecule has 0 saturated carbocycles. The van der Waals surface area contributed by atoms with E-state index >= 15 is 0 Å². The molecule has 92 valence electrons. The van der Waals surface area contributed by atoms with Crippen LogP contribution in [0.5, 0.6) is 0 Å². The van der Waals surface area contributed by atoms with Gasteiger partial charge in [-0.15, -0.1) is 0 Å². The summed E-state index contributed by atoms with van der Waals surface area (Å²) in [5, 5.41) is 12.8. The van der Waals surface area contributed by atoms with Gasteiger partial charge in [-0.3, -0.25) is 9.78 Å². The molecule has 0 atom stereocenters. The molecule has 0 aliphatic heterocycles. The van der Waals surface area contributed by atoms with Gasteiger partial charge in [0.05, 0.1) is 5.52 Å². The molecule has 5 heteroatoms. The topological polar surface area (TPSA) is 59.4 Å². The van der Waals surface area contributed by atoms with E-state index in [-0.39, 0.29) is 0 Å². The summed E-state index contributed by atoms with van der Waals surface area (Å²) in [6.45, 7) is 4.17. The van der Waals surface area contributed by atoms with Crippen molar-refractivity contribution in [3.8, 4) is 11.5 Å². The Bertz CT molecular complexity index is 692. The van der Waals surface area contributed by atoms with Crippen LogP contribution in [0.1, 0.15) is 25.6 Å². The summed E-state index contributed by atoms with van der Waals surface area (Å²) >= 11 is 0. The number of aromatic amines is 1. The second-order valence-electron chi connectivity index (χ2n) is 4.69. The second-order valence-corrected chi connectivity index (χ2v) is 4.69. The second kappa shape index (κ2) is 3.94. The van der Waals surface area contributed by atoms with E-state index in [0.29, 0.717) is 11.7 Å². The van der Waals surface area contributed by atoms with Crippen molar-refractivity contribution in [2.75, 3.05) is 0 Å². The van der Waals surface area contributed by atoms with Gasteiger partial charge in [0, 0.05) is 18.4 Å². The monoisotopic (exact) mass is 241 g/mol. The third-order valence-corrected chi connectivity index (χ3v) is 3.02. The van der Waals surface area contributed by atoms with Crippen molar-refractivity contribution in [3.05, 3.63) is 30.1 Å². The van der Waals surface area contributed by atoms with Gasteiger partial charge in [0.25, 0.3) is 0 Å². The molecule has 0 radical (unpaired) electrons. The Labute approximate surface area is 105 Å². The van der Waals surface area contributed by atoms with Crippen LogP contribution in [0.15, 0.2) is 24.3 Å². The van der Waals surface area contributed by atoms with Crippen LogP contribution < -0.4 is 0 Å². The zero-order chi connectivity index (χ0) is 12.7. The molecule has 18 heavy (non-hydrogen) atoms. The Kier molecular flexibility index (Phi) is 2.40. The highest BCUT2D eigenvalue weighted by atomic mass is 15.3. The van der Waals surface area contributed by atoms with Crippen molar-refractivity contribution in [1.29, 1.82) is 0 Å². The lowest BCUT2D eigenvalue weighted by molar-refractivity contribution is 0.780. The molecule has 1 aromatic carbocycles. The summed E-state index contributed by atoms with van der Waals surface area (Å²) in [6.07, 6.45) is 0. The number of H-pyrrole nitrogens is 1. The summed E-state index contributed by atoms with van der Waals surface area (Å²) in [5.41, 5.74) is 1.92. The van der Waals surface area contributed by atoms with E-state index in [2.05, 4.69) is 34.1 Å². The van der Waals surface area contributed by atoms with Crippen molar-refractivity contribution in [2.24, 2.45) is 7.05 Å². The van der Waals surface area contributed by atoms with Gasteiger partial charge in [-0.1, -0.05) is 32.0 Å². The van der Waals surface area contributed by atoms with Crippen molar-refractivity contribution >= 4 is 10.9 Å². The van der Waals surface area contributed by atoms with Crippen molar-refractivity contribution in [3.63, 3.8) is 0 Å². The number of hydrogen-bond acceptors (Lipinski definition) is 3. The number of aryl methyl sites for hydroxylation is 1. The lowest BCUT2D eigenvalue weighted by Crippen LogP contribution is -1.91. The molecular weight excluding hydrogens is 226 g/mol. The molecule has 3 rings (SSSR count). The maximum atomic E-state index is 4.50. The highest BCUT2D eigenvalue weighted by molar-refractivity contribution is 5.91. The van der Waals surface area contributed by atoms with E-state index < -0.39 is 0 Å². The highest BCUT2D eigenvalue weighted by Gasteiger charge is 2.15. The maximum Gasteiger partial charge on any atom is 0.202 e. The van der Waals surface area contributed by atoms with Crippen LogP contribution in [0.25, 0.3) is 22.4 Å². The minimum atomic E-state index is 0.334. The number of para-hydroxylation sites is 1. The smallest absolute Gasteiger partial charge is 0.202 e. The first kappa shape index (κ1) is 11.0. The Hall–Kier alpha value is -2.17. The average Bonchev–Trinajstić information content (AvgIpc) is 2.95. The van der Waals surface area contributed by atoms with Crippen molar-refractivity contribution in [1.82, 2.24) is 25.0 Å². The molecule has 0 spiro atoms. The Balaban J connectivity index is 2.19. The maximum absolute atomic E-state index is 4.50. The van der Waals surface area contributed by atoms with E-state index in [1.165, 1.54) is 0 Å². The molecule has 1 N–H and O–H groups in total. The molecule has 2 aromatic heterocycles. The highest BCUT2D eigenvalue weighted by Crippen LogP contribution is 2.25. The molecule has 0 bridgehead atoms. The molecule has 0 saturated heterocycles. The largest absolute Gasteiger partial charge is 0.267 e. The van der Waals surface area contributed by atoms with E-state index in [4.69, 9.17) is 0 Å². The van der Waals surface area contributed by atoms with Crippen LogP contribution in [0.2, 0.25) is 0 Å². The molecular formula is C13H15N5. The molecule has 0 aliphatic carbocycles. The number of benzene rings is 1. The zero-order valence-corrected chi connectivity index (χ0v) is 10.7. The van der Waals surface area contributed by atoms with Crippen LogP contribution >= 0.6 is 0 Å². The number of nitrogens with zero attached hydrogens (tertiary/aromatic N) is 4. The summed E-state index contributed by atoms with van der Waals surface area (Å²) < 4.78 is 1.86. The number of hydrogen-bond donors (Lipinski definition) is 1. The van der Waals surface area contributed by atoms with Gasteiger partial charge in [0.1, 0.15) is 11.5 Å². The van der Waals surface area contributed by atoms with Gasteiger partial charge >= 0.3 is 0 Å². The van der Waals surface area contributed by atoms with E-state index in [0.717, 1.165) is 22.4 Å². The SMILES string of the molecule is CC(C)c1nc(-c2nn(C)c3ccccc23)n[nH]1. The van der Waals surface area contributed by atoms with Gasteiger partial charge < -0.3 is 0 Å². The fourth-order valence-corrected chi connectivity index (χ4v) is 2.02. The third kappa shape index (κ3) is 1.59.